The molecule has 0 spiro atoms. The Balaban J connectivity index is 1.88. The van der Waals surface area contributed by atoms with Crippen molar-refractivity contribution in [2.24, 2.45) is 0 Å². The van der Waals surface area contributed by atoms with E-state index in [-0.39, 0.29) is 11.9 Å². The monoisotopic (exact) mass is 463 g/mol. The summed E-state index contributed by atoms with van der Waals surface area (Å²) in [5.41, 5.74) is 1.46. The highest BCUT2D eigenvalue weighted by atomic mass is 35.5. The third-order valence-electron chi connectivity index (χ3n) is 4.67. The number of hydrogen-bond acceptors (Lipinski definition) is 5. The highest BCUT2D eigenvalue weighted by molar-refractivity contribution is 8.00. The van der Waals surface area contributed by atoms with Crippen LogP contribution in [0.3, 0.4) is 0 Å². The molecule has 3 aromatic rings. The van der Waals surface area contributed by atoms with Crippen molar-refractivity contribution in [3.63, 3.8) is 0 Å². The molecule has 2 unspecified atom stereocenters. The number of aromatic nitrogens is 3. The molecule has 0 aliphatic carbocycles. The maximum Gasteiger partial charge on any atom is 0.237 e. The lowest BCUT2D eigenvalue weighted by Gasteiger charge is -2.21. The summed E-state index contributed by atoms with van der Waals surface area (Å²) in [6.45, 7) is 3.88. The Bertz CT molecular complexity index is 1020. The van der Waals surface area contributed by atoms with Gasteiger partial charge in [0.15, 0.2) is 11.0 Å². The Morgan fingerprint density at radius 3 is 2.37 bits per heavy atom. The maximum absolute atomic E-state index is 12.7. The molecule has 30 heavy (non-hydrogen) atoms. The molecule has 1 heterocycles. The fraction of sp³-hybridized carbons (Fsp3) is 0.286. The van der Waals surface area contributed by atoms with Crippen molar-refractivity contribution < 1.29 is 4.79 Å². The van der Waals surface area contributed by atoms with Crippen molar-refractivity contribution in [2.45, 2.75) is 30.3 Å². The minimum Gasteiger partial charge on any atom is -0.324 e. The number of hydrogen-bond donors (Lipinski definition) is 1. The molecule has 0 aliphatic heterocycles. The molecule has 158 valence electrons. The van der Waals surface area contributed by atoms with Crippen LogP contribution in [-0.2, 0) is 4.79 Å². The first kappa shape index (κ1) is 22.6. The zero-order valence-electron chi connectivity index (χ0n) is 17.1. The summed E-state index contributed by atoms with van der Waals surface area (Å²) in [4.78, 5) is 14.8. The Labute approximate surface area is 190 Å². The van der Waals surface area contributed by atoms with Crippen molar-refractivity contribution in [1.82, 2.24) is 19.7 Å². The Hall–Kier alpha value is -2.06. The van der Waals surface area contributed by atoms with E-state index in [9.17, 15) is 4.79 Å². The highest BCUT2D eigenvalue weighted by Gasteiger charge is 2.24. The number of amides is 1. The normalized spacial score (nSPS) is 13.3. The van der Waals surface area contributed by atoms with Gasteiger partial charge in [-0.2, -0.15) is 0 Å². The molecule has 1 N–H and O–H groups in total. The average molecular weight is 464 g/mol. The zero-order chi connectivity index (χ0) is 21.8. The molecule has 0 saturated heterocycles. The lowest BCUT2D eigenvalue weighted by Crippen LogP contribution is -2.23. The van der Waals surface area contributed by atoms with E-state index < -0.39 is 5.25 Å². The molecule has 0 saturated carbocycles. The van der Waals surface area contributed by atoms with Crippen LogP contribution in [0.15, 0.2) is 53.7 Å². The van der Waals surface area contributed by atoms with Gasteiger partial charge in [-0.15, -0.1) is 10.2 Å². The SMILES string of the molecule is CC(Sc1nnc(C(C)N(C)C)n1-c1ccc(Cl)cc1)C(=O)Nc1ccccc1Cl. The van der Waals surface area contributed by atoms with Gasteiger partial charge in [0.25, 0.3) is 0 Å². The Morgan fingerprint density at radius 2 is 1.73 bits per heavy atom. The van der Waals surface area contributed by atoms with E-state index in [2.05, 4.69) is 27.3 Å². The highest BCUT2D eigenvalue weighted by Crippen LogP contribution is 2.30. The minimum atomic E-state index is -0.418. The van der Waals surface area contributed by atoms with Gasteiger partial charge < -0.3 is 5.32 Å². The van der Waals surface area contributed by atoms with Crippen LogP contribution in [0.2, 0.25) is 10.0 Å². The van der Waals surface area contributed by atoms with Crippen LogP contribution in [-0.4, -0.2) is 44.9 Å². The second-order valence-corrected chi connectivity index (χ2v) is 9.17. The number of nitrogens with zero attached hydrogens (tertiary/aromatic N) is 4. The van der Waals surface area contributed by atoms with Crippen LogP contribution < -0.4 is 5.32 Å². The minimum absolute atomic E-state index is 0.0230. The quantitative estimate of drug-likeness (QED) is 0.480. The van der Waals surface area contributed by atoms with Crippen LogP contribution in [0.1, 0.15) is 25.7 Å². The number of halogens is 2. The molecule has 6 nitrogen and oxygen atoms in total. The van der Waals surface area contributed by atoms with Gasteiger partial charge in [-0.3, -0.25) is 14.3 Å². The fourth-order valence-electron chi connectivity index (χ4n) is 2.70. The number of anilines is 1. The van der Waals surface area contributed by atoms with Crippen molar-refractivity contribution in [3.8, 4) is 5.69 Å². The van der Waals surface area contributed by atoms with E-state index >= 15 is 0 Å². The molecule has 3 rings (SSSR count). The predicted molar refractivity (Wildman–Crippen MR) is 124 cm³/mol. The van der Waals surface area contributed by atoms with Crippen LogP contribution in [0.5, 0.6) is 0 Å². The van der Waals surface area contributed by atoms with E-state index in [1.807, 2.05) is 62.0 Å². The first-order chi connectivity index (χ1) is 14.3. The molecule has 0 radical (unpaired) electrons. The number of carbonyl (C=O) groups is 1. The molecule has 1 amide bonds. The van der Waals surface area contributed by atoms with Gasteiger partial charge in [-0.1, -0.05) is 47.1 Å². The second kappa shape index (κ2) is 9.83. The first-order valence-electron chi connectivity index (χ1n) is 9.37. The predicted octanol–water partition coefficient (Wildman–Crippen LogP) is 5.32. The molecular weight excluding hydrogens is 441 g/mol. The number of rotatable bonds is 7. The number of benzene rings is 2. The van der Waals surface area contributed by atoms with Crippen molar-refractivity contribution in [1.29, 1.82) is 0 Å². The summed E-state index contributed by atoms with van der Waals surface area (Å²) < 4.78 is 1.96. The van der Waals surface area contributed by atoms with Crippen LogP contribution in [0, 0.1) is 0 Å². The van der Waals surface area contributed by atoms with E-state index in [0.717, 1.165) is 11.5 Å². The largest absolute Gasteiger partial charge is 0.324 e. The van der Waals surface area contributed by atoms with Gasteiger partial charge >= 0.3 is 0 Å². The first-order valence-corrected chi connectivity index (χ1v) is 11.0. The van der Waals surface area contributed by atoms with Crippen molar-refractivity contribution >= 4 is 46.6 Å². The average Bonchev–Trinajstić information content (AvgIpc) is 3.12. The van der Waals surface area contributed by atoms with Gasteiger partial charge in [-0.25, -0.2) is 0 Å². The Kier molecular flexibility index (Phi) is 7.41. The summed E-state index contributed by atoms with van der Waals surface area (Å²) in [5, 5.41) is 13.0. The van der Waals surface area contributed by atoms with Crippen LogP contribution in [0.4, 0.5) is 5.69 Å². The molecule has 0 fully saturated rings. The third-order valence-corrected chi connectivity index (χ3v) is 6.30. The molecule has 0 aliphatic rings. The third kappa shape index (κ3) is 5.16. The zero-order valence-corrected chi connectivity index (χ0v) is 19.5. The van der Waals surface area contributed by atoms with Crippen molar-refractivity contribution in [2.75, 3.05) is 19.4 Å². The molecular formula is C21H23Cl2N5OS. The van der Waals surface area contributed by atoms with E-state index in [4.69, 9.17) is 23.2 Å². The van der Waals surface area contributed by atoms with Gasteiger partial charge in [0.05, 0.1) is 22.0 Å². The number of nitrogens with one attached hydrogen (secondary N) is 1. The number of carbonyl (C=O) groups excluding carboxylic acids is 1. The summed E-state index contributed by atoms with van der Waals surface area (Å²) >= 11 is 13.6. The maximum atomic E-state index is 12.7. The van der Waals surface area contributed by atoms with Gasteiger partial charge in [0, 0.05) is 10.7 Å². The molecule has 2 atom stereocenters. The van der Waals surface area contributed by atoms with Gasteiger partial charge in [0.1, 0.15) is 0 Å². The molecule has 9 heteroatoms. The van der Waals surface area contributed by atoms with Gasteiger partial charge in [0.2, 0.25) is 5.91 Å². The van der Waals surface area contributed by atoms with E-state index in [1.165, 1.54) is 11.8 Å². The molecule has 2 aromatic carbocycles. The van der Waals surface area contributed by atoms with Crippen molar-refractivity contribution in [3.05, 3.63) is 64.4 Å². The fourth-order valence-corrected chi connectivity index (χ4v) is 3.88. The summed E-state index contributed by atoms with van der Waals surface area (Å²) in [7, 11) is 3.97. The number of thioether (sulfide) groups is 1. The lowest BCUT2D eigenvalue weighted by molar-refractivity contribution is -0.115. The van der Waals surface area contributed by atoms with Gasteiger partial charge in [-0.05, 0) is 64.3 Å². The molecule has 1 aromatic heterocycles. The van der Waals surface area contributed by atoms with Crippen LogP contribution in [0.25, 0.3) is 5.69 Å². The van der Waals surface area contributed by atoms with Crippen LogP contribution >= 0.6 is 35.0 Å². The summed E-state index contributed by atoms with van der Waals surface area (Å²) in [6, 6.07) is 14.6. The summed E-state index contributed by atoms with van der Waals surface area (Å²) in [5.74, 6) is 0.615. The van der Waals surface area contributed by atoms with E-state index in [0.29, 0.717) is 20.9 Å². The topological polar surface area (TPSA) is 63.1 Å². The standard InChI is InChI=1S/C21H23Cl2N5OS/c1-13(27(3)4)19-25-26-21(28(19)16-11-9-15(22)10-12-16)30-14(2)20(29)24-18-8-6-5-7-17(18)23/h5-14H,1-4H3,(H,24,29). The summed E-state index contributed by atoms with van der Waals surface area (Å²) in [6.07, 6.45) is 0. The van der Waals surface area contributed by atoms with E-state index in [1.54, 1.807) is 12.1 Å². The Morgan fingerprint density at radius 1 is 1.07 bits per heavy atom. The number of para-hydroxylation sites is 1. The molecule has 0 bridgehead atoms. The lowest BCUT2D eigenvalue weighted by atomic mass is 10.2. The smallest absolute Gasteiger partial charge is 0.237 e. The second-order valence-electron chi connectivity index (χ2n) is 7.02.